The fourth-order valence-electron chi connectivity index (χ4n) is 2.29. The molecule has 1 saturated carbocycles. The van der Waals surface area contributed by atoms with Crippen molar-refractivity contribution in [3.63, 3.8) is 0 Å². The number of carbonyl (C=O) groups excluding carboxylic acids is 1. The van der Waals surface area contributed by atoms with E-state index in [1.54, 1.807) is 12.1 Å². The Hall–Kier alpha value is -2.40. The summed E-state index contributed by atoms with van der Waals surface area (Å²) < 4.78 is 0. The highest BCUT2D eigenvalue weighted by atomic mass is 16.1. The van der Waals surface area contributed by atoms with Gasteiger partial charge in [0.05, 0.1) is 5.56 Å². The molecule has 2 unspecified atom stereocenters. The number of aromatic nitrogens is 1. The van der Waals surface area contributed by atoms with E-state index < -0.39 is 0 Å². The molecule has 1 heterocycles. The van der Waals surface area contributed by atoms with E-state index in [1.807, 2.05) is 18.2 Å². The molecule has 1 aliphatic rings. The maximum Gasteiger partial charge on any atom is 0.253 e. The highest BCUT2D eigenvalue weighted by molar-refractivity contribution is 5.94. The van der Waals surface area contributed by atoms with Crippen molar-refractivity contribution in [3.05, 3.63) is 59.8 Å². The minimum Gasteiger partial charge on any atom is -0.349 e. The van der Waals surface area contributed by atoms with Crippen LogP contribution in [0.5, 0.6) is 0 Å². The molecule has 1 aromatic heterocycles. The SMILES string of the molecule is NNc1ccc(C(=O)NC2CC2c2ccccc2)cn1. The second-order valence-corrected chi connectivity index (χ2v) is 4.91. The zero-order valence-corrected chi connectivity index (χ0v) is 10.9. The first kappa shape index (κ1) is 12.6. The fourth-order valence-corrected chi connectivity index (χ4v) is 2.29. The molecule has 5 nitrogen and oxygen atoms in total. The van der Waals surface area contributed by atoms with Crippen LogP contribution in [0.3, 0.4) is 0 Å². The van der Waals surface area contributed by atoms with E-state index in [2.05, 4.69) is 27.9 Å². The van der Waals surface area contributed by atoms with Crippen molar-refractivity contribution in [1.29, 1.82) is 0 Å². The summed E-state index contributed by atoms with van der Waals surface area (Å²) in [5.74, 6) is 6.11. The molecule has 1 aromatic carbocycles. The maximum absolute atomic E-state index is 12.1. The standard InChI is InChI=1S/C15H16N4O/c16-19-14-7-6-11(9-17-14)15(20)18-13-8-12(13)10-4-2-1-3-5-10/h1-7,9,12-13H,8,16H2,(H,17,19)(H,18,20). The van der Waals surface area contributed by atoms with Crippen molar-refractivity contribution in [2.75, 3.05) is 5.43 Å². The van der Waals surface area contributed by atoms with Crippen LogP contribution in [0, 0.1) is 0 Å². The number of hydrazine groups is 1. The Labute approximate surface area is 117 Å². The number of anilines is 1. The van der Waals surface area contributed by atoms with Gasteiger partial charge in [-0.3, -0.25) is 4.79 Å². The average Bonchev–Trinajstić information content (AvgIpc) is 3.27. The fraction of sp³-hybridized carbons (Fsp3) is 0.200. The number of nitrogens with two attached hydrogens (primary N) is 1. The van der Waals surface area contributed by atoms with Crippen LogP contribution in [0.4, 0.5) is 5.82 Å². The molecule has 3 rings (SSSR count). The summed E-state index contributed by atoms with van der Waals surface area (Å²) in [6, 6.07) is 13.8. The van der Waals surface area contributed by atoms with E-state index in [1.165, 1.54) is 11.8 Å². The predicted octanol–water partition coefficient (Wildman–Crippen LogP) is 1.65. The number of benzene rings is 1. The highest BCUT2D eigenvalue weighted by Crippen LogP contribution is 2.40. The molecule has 0 bridgehead atoms. The third-order valence-electron chi connectivity index (χ3n) is 3.51. The summed E-state index contributed by atoms with van der Waals surface area (Å²) in [4.78, 5) is 16.1. The third-order valence-corrected chi connectivity index (χ3v) is 3.51. The minimum atomic E-state index is -0.0931. The smallest absolute Gasteiger partial charge is 0.253 e. The molecule has 2 atom stereocenters. The van der Waals surface area contributed by atoms with Crippen LogP contribution in [0.25, 0.3) is 0 Å². The number of rotatable bonds is 4. The lowest BCUT2D eigenvalue weighted by atomic mass is 10.1. The first-order valence-corrected chi connectivity index (χ1v) is 6.56. The van der Waals surface area contributed by atoms with Gasteiger partial charge < -0.3 is 10.7 Å². The molecule has 102 valence electrons. The largest absolute Gasteiger partial charge is 0.349 e. The number of hydrogen-bond acceptors (Lipinski definition) is 4. The predicted molar refractivity (Wildman–Crippen MR) is 77.1 cm³/mol. The number of nitrogen functional groups attached to an aromatic ring is 1. The Bertz CT molecular complexity index is 597. The van der Waals surface area contributed by atoms with E-state index in [9.17, 15) is 4.79 Å². The first-order chi connectivity index (χ1) is 9.78. The number of amides is 1. The molecule has 0 aliphatic heterocycles. The number of pyridine rings is 1. The second kappa shape index (κ2) is 5.30. The van der Waals surface area contributed by atoms with E-state index in [-0.39, 0.29) is 11.9 Å². The van der Waals surface area contributed by atoms with Gasteiger partial charge in [0.15, 0.2) is 0 Å². The van der Waals surface area contributed by atoms with Crippen molar-refractivity contribution in [3.8, 4) is 0 Å². The molecular formula is C15H16N4O. The number of carbonyl (C=O) groups is 1. The van der Waals surface area contributed by atoms with E-state index in [0.717, 1.165) is 6.42 Å². The lowest BCUT2D eigenvalue weighted by Crippen LogP contribution is -2.26. The zero-order valence-electron chi connectivity index (χ0n) is 10.9. The minimum absolute atomic E-state index is 0.0931. The van der Waals surface area contributed by atoms with Gasteiger partial charge >= 0.3 is 0 Å². The van der Waals surface area contributed by atoms with Crippen LogP contribution in [0.15, 0.2) is 48.7 Å². The molecule has 0 saturated heterocycles. The topological polar surface area (TPSA) is 80.0 Å². The normalized spacial score (nSPS) is 20.2. The van der Waals surface area contributed by atoms with Gasteiger partial charge in [-0.05, 0) is 24.1 Å². The van der Waals surface area contributed by atoms with Crippen LogP contribution >= 0.6 is 0 Å². The lowest BCUT2D eigenvalue weighted by Gasteiger charge is -2.05. The molecule has 0 spiro atoms. The number of nitrogens with one attached hydrogen (secondary N) is 2. The zero-order chi connectivity index (χ0) is 13.9. The van der Waals surface area contributed by atoms with Crippen LogP contribution in [-0.2, 0) is 0 Å². The maximum atomic E-state index is 12.1. The van der Waals surface area contributed by atoms with Gasteiger partial charge in [0.2, 0.25) is 0 Å². The van der Waals surface area contributed by atoms with Crippen molar-refractivity contribution in [2.45, 2.75) is 18.4 Å². The summed E-state index contributed by atoms with van der Waals surface area (Å²) in [5.41, 5.74) is 4.25. The van der Waals surface area contributed by atoms with Crippen molar-refractivity contribution >= 4 is 11.7 Å². The summed E-state index contributed by atoms with van der Waals surface area (Å²) >= 11 is 0. The quantitative estimate of drug-likeness (QED) is 0.582. The monoisotopic (exact) mass is 268 g/mol. The molecular weight excluding hydrogens is 252 g/mol. The molecule has 2 aromatic rings. The van der Waals surface area contributed by atoms with Gasteiger partial charge in [-0.15, -0.1) is 0 Å². The van der Waals surface area contributed by atoms with Crippen molar-refractivity contribution in [1.82, 2.24) is 10.3 Å². The molecule has 1 aliphatic carbocycles. The van der Waals surface area contributed by atoms with Gasteiger partial charge in [0.1, 0.15) is 5.82 Å². The van der Waals surface area contributed by atoms with Crippen molar-refractivity contribution in [2.24, 2.45) is 5.84 Å². The molecule has 1 fully saturated rings. The molecule has 5 heteroatoms. The van der Waals surface area contributed by atoms with Gasteiger partial charge in [0.25, 0.3) is 5.91 Å². The molecule has 0 radical (unpaired) electrons. The number of nitrogens with zero attached hydrogens (tertiary/aromatic N) is 1. The van der Waals surface area contributed by atoms with Crippen LogP contribution in [0.1, 0.15) is 28.3 Å². The van der Waals surface area contributed by atoms with E-state index in [4.69, 9.17) is 5.84 Å². The van der Waals surface area contributed by atoms with Gasteiger partial charge in [0, 0.05) is 18.2 Å². The number of hydrogen-bond donors (Lipinski definition) is 3. The van der Waals surface area contributed by atoms with Gasteiger partial charge in [-0.25, -0.2) is 10.8 Å². The summed E-state index contributed by atoms with van der Waals surface area (Å²) in [6.07, 6.45) is 2.51. The van der Waals surface area contributed by atoms with Crippen molar-refractivity contribution < 1.29 is 4.79 Å². The Morgan fingerprint density at radius 3 is 2.65 bits per heavy atom. The Morgan fingerprint density at radius 2 is 2.00 bits per heavy atom. The van der Waals surface area contributed by atoms with Gasteiger partial charge in [-0.2, -0.15) is 0 Å². The Balaban J connectivity index is 1.60. The van der Waals surface area contributed by atoms with Gasteiger partial charge in [-0.1, -0.05) is 30.3 Å². The molecule has 1 amide bonds. The summed E-state index contributed by atoms with van der Waals surface area (Å²) in [5, 5.41) is 3.03. The molecule has 4 N–H and O–H groups in total. The second-order valence-electron chi connectivity index (χ2n) is 4.91. The van der Waals surface area contributed by atoms with Crippen LogP contribution in [-0.4, -0.2) is 16.9 Å². The highest BCUT2D eigenvalue weighted by Gasteiger charge is 2.39. The van der Waals surface area contributed by atoms with E-state index >= 15 is 0 Å². The van der Waals surface area contributed by atoms with E-state index in [0.29, 0.717) is 17.3 Å². The Kier molecular flexibility index (Phi) is 3.35. The van der Waals surface area contributed by atoms with Crippen LogP contribution in [0.2, 0.25) is 0 Å². The Morgan fingerprint density at radius 1 is 1.20 bits per heavy atom. The lowest BCUT2D eigenvalue weighted by molar-refractivity contribution is 0.0950. The first-order valence-electron chi connectivity index (χ1n) is 6.56. The molecule has 20 heavy (non-hydrogen) atoms. The summed E-state index contributed by atoms with van der Waals surface area (Å²) in [7, 11) is 0. The van der Waals surface area contributed by atoms with Crippen LogP contribution < -0.4 is 16.6 Å². The third kappa shape index (κ3) is 2.62. The summed E-state index contributed by atoms with van der Waals surface area (Å²) in [6.45, 7) is 0. The average molecular weight is 268 g/mol.